The van der Waals surface area contributed by atoms with E-state index in [9.17, 15) is 9.59 Å². The Balaban J connectivity index is 1.47. The molecule has 0 radical (unpaired) electrons. The third-order valence-electron chi connectivity index (χ3n) is 5.42. The Morgan fingerprint density at radius 2 is 1.81 bits per heavy atom. The third-order valence-corrected chi connectivity index (χ3v) is 5.42. The van der Waals surface area contributed by atoms with E-state index in [2.05, 4.69) is 10.1 Å². The van der Waals surface area contributed by atoms with E-state index in [0.717, 1.165) is 27.7 Å². The Labute approximate surface area is 177 Å². The second-order valence-electron chi connectivity index (χ2n) is 7.33. The Hall–Kier alpha value is -4.26. The molecule has 2 N–H and O–H groups in total. The summed E-state index contributed by atoms with van der Waals surface area (Å²) in [6, 6.07) is 21.2. The maximum atomic E-state index is 12.8. The second-order valence-corrected chi connectivity index (χ2v) is 7.33. The molecule has 1 amide bonds. The van der Waals surface area contributed by atoms with Gasteiger partial charge >= 0.3 is 0 Å². The average molecular weight is 409 g/mol. The van der Waals surface area contributed by atoms with Gasteiger partial charge in [0, 0.05) is 23.6 Å². The van der Waals surface area contributed by atoms with Crippen molar-refractivity contribution >= 4 is 28.4 Å². The number of hydrogen-bond donors (Lipinski definition) is 1. The smallest absolute Gasteiger partial charge is 0.252 e. The van der Waals surface area contributed by atoms with Crippen LogP contribution in [0.1, 0.15) is 27.1 Å². The molecule has 0 aliphatic rings. The first-order valence-corrected chi connectivity index (χ1v) is 9.93. The van der Waals surface area contributed by atoms with E-state index in [1.165, 1.54) is 6.33 Å². The summed E-state index contributed by atoms with van der Waals surface area (Å²) >= 11 is 0. The summed E-state index contributed by atoms with van der Waals surface area (Å²) in [7, 11) is 0. The number of carbonyl (C=O) groups excluding carboxylic acids is 2. The second kappa shape index (κ2) is 7.53. The normalized spacial score (nSPS) is 11.2. The minimum absolute atomic E-state index is 0.0519. The summed E-state index contributed by atoms with van der Waals surface area (Å²) in [6.45, 7) is 0. The lowest BCUT2D eigenvalue weighted by atomic mass is 10.1. The molecule has 0 atom stereocenters. The van der Waals surface area contributed by atoms with E-state index in [1.54, 1.807) is 21.2 Å². The molecular formula is C24H19N5O2. The molecular weight excluding hydrogens is 390 g/mol. The molecule has 2 aromatic carbocycles. The van der Waals surface area contributed by atoms with Crippen LogP contribution in [0, 0.1) is 0 Å². The highest BCUT2D eigenvalue weighted by Crippen LogP contribution is 2.26. The predicted octanol–water partition coefficient (Wildman–Crippen LogP) is 3.72. The monoisotopic (exact) mass is 409 g/mol. The van der Waals surface area contributed by atoms with Gasteiger partial charge in [0.05, 0.1) is 16.8 Å². The SMILES string of the molecule is NC(=O)c1ccc(-c2ccc3c(ccn3C(=O)CCc3ccccc3)c2)n2ncnc12. The van der Waals surface area contributed by atoms with E-state index in [0.29, 0.717) is 24.1 Å². The van der Waals surface area contributed by atoms with Crippen molar-refractivity contribution in [2.75, 3.05) is 0 Å². The van der Waals surface area contributed by atoms with Crippen LogP contribution in [0.25, 0.3) is 27.8 Å². The van der Waals surface area contributed by atoms with Gasteiger partial charge in [0.1, 0.15) is 6.33 Å². The summed E-state index contributed by atoms with van der Waals surface area (Å²) in [6.07, 6.45) is 4.34. The first kappa shape index (κ1) is 18.7. The topological polar surface area (TPSA) is 95.3 Å². The maximum absolute atomic E-state index is 12.8. The van der Waals surface area contributed by atoms with Crippen LogP contribution in [-0.4, -0.2) is 31.0 Å². The van der Waals surface area contributed by atoms with Crippen LogP contribution < -0.4 is 5.73 Å². The number of rotatable bonds is 5. The van der Waals surface area contributed by atoms with Crippen molar-refractivity contribution in [3.05, 3.63) is 90.4 Å². The van der Waals surface area contributed by atoms with Crippen LogP contribution in [0.5, 0.6) is 0 Å². The predicted molar refractivity (Wildman–Crippen MR) is 118 cm³/mol. The number of primary amides is 1. The molecule has 0 unspecified atom stereocenters. The number of benzene rings is 2. The number of pyridine rings is 1. The Kier molecular flexibility index (Phi) is 4.55. The summed E-state index contributed by atoms with van der Waals surface area (Å²) in [4.78, 5) is 28.6. The fraction of sp³-hybridized carbons (Fsp3) is 0.0833. The molecule has 0 aliphatic carbocycles. The Morgan fingerprint density at radius 3 is 2.61 bits per heavy atom. The molecule has 7 nitrogen and oxygen atoms in total. The van der Waals surface area contributed by atoms with Crippen molar-refractivity contribution in [3.63, 3.8) is 0 Å². The number of nitrogens with zero attached hydrogens (tertiary/aromatic N) is 4. The van der Waals surface area contributed by atoms with Gasteiger partial charge in [-0.15, -0.1) is 0 Å². The van der Waals surface area contributed by atoms with E-state index in [4.69, 9.17) is 5.73 Å². The lowest BCUT2D eigenvalue weighted by Crippen LogP contribution is -2.13. The summed E-state index contributed by atoms with van der Waals surface area (Å²) in [5.41, 5.74) is 9.85. The maximum Gasteiger partial charge on any atom is 0.252 e. The number of fused-ring (bicyclic) bond motifs is 2. The molecule has 0 saturated heterocycles. The van der Waals surface area contributed by atoms with Crippen LogP contribution in [0.2, 0.25) is 0 Å². The summed E-state index contributed by atoms with van der Waals surface area (Å²) in [5.74, 6) is -0.498. The van der Waals surface area contributed by atoms with Crippen LogP contribution in [0.4, 0.5) is 0 Å². The van der Waals surface area contributed by atoms with E-state index in [-0.39, 0.29) is 5.91 Å². The van der Waals surface area contributed by atoms with Crippen LogP contribution in [-0.2, 0) is 6.42 Å². The van der Waals surface area contributed by atoms with E-state index < -0.39 is 5.91 Å². The Morgan fingerprint density at radius 1 is 0.968 bits per heavy atom. The molecule has 5 aromatic rings. The van der Waals surface area contributed by atoms with Gasteiger partial charge in [-0.05, 0) is 42.3 Å². The van der Waals surface area contributed by atoms with Gasteiger partial charge in [-0.2, -0.15) is 5.10 Å². The van der Waals surface area contributed by atoms with Gasteiger partial charge in [-0.1, -0.05) is 36.4 Å². The molecule has 3 aromatic heterocycles. The largest absolute Gasteiger partial charge is 0.365 e. The van der Waals surface area contributed by atoms with Gasteiger partial charge in [0.25, 0.3) is 5.91 Å². The van der Waals surface area contributed by atoms with Gasteiger partial charge in [0.2, 0.25) is 5.91 Å². The first-order valence-electron chi connectivity index (χ1n) is 9.93. The molecule has 0 spiro atoms. The summed E-state index contributed by atoms with van der Waals surface area (Å²) < 4.78 is 3.30. The molecule has 152 valence electrons. The highest BCUT2D eigenvalue weighted by atomic mass is 16.2. The highest BCUT2D eigenvalue weighted by Gasteiger charge is 2.15. The standard InChI is InChI=1S/C24H19N5O2/c25-23(31)19-8-10-21(29-24(19)26-15-27-29)17-7-9-20-18(14-17)12-13-28(20)22(30)11-6-16-4-2-1-3-5-16/h1-5,7-10,12-15H,6,11H2,(H2,25,31). The average Bonchev–Trinajstić information content (AvgIpc) is 3.44. The molecule has 31 heavy (non-hydrogen) atoms. The van der Waals surface area contributed by atoms with Crippen LogP contribution in [0.3, 0.4) is 0 Å². The van der Waals surface area contributed by atoms with Gasteiger partial charge < -0.3 is 5.73 Å². The molecule has 5 rings (SSSR count). The minimum atomic E-state index is -0.550. The Bertz CT molecular complexity index is 1430. The summed E-state index contributed by atoms with van der Waals surface area (Å²) in [5, 5.41) is 5.19. The first-order chi connectivity index (χ1) is 15.1. The minimum Gasteiger partial charge on any atom is -0.365 e. The number of aromatic nitrogens is 4. The number of hydrogen-bond acceptors (Lipinski definition) is 4. The molecule has 0 fully saturated rings. The third kappa shape index (κ3) is 3.36. The molecule has 0 aliphatic heterocycles. The van der Waals surface area contributed by atoms with Crippen molar-refractivity contribution in [3.8, 4) is 11.3 Å². The molecule has 7 heteroatoms. The molecule has 3 heterocycles. The van der Waals surface area contributed by atoms with Crippen molar-refractivity contribution in [1.29, 1.82) is 0 Å². The fourth-order valence-electron chi connectivity index (χ4n) is 3.86. The van der Waals surface area contributed by atoms with Crippen molar-refractivity contribution in [1.82, 2.24) is 19.2 Å². The molecule has 0 saturated carbocycles. The zero-order chi connectivity index (χ0) is 21.4. The van der Waals surface area contributed by atoms with Crippen LogP contribution >= 0.6 is 0 Å². The van der Waals surface area contributed by atoms with Gasteiger partial charge in [-0.25, -0.2) is 9.50 Å². The van der Waals surface area contributed by atoms with Crippen molar-refractivity contribution in [2.45, 2.75) is 12.8 Å². The number of amides is 1. The zero-order valence-corrected chi connectivity index (χ0v) is 16.6. The molecule has 0 bridgehead atoms. The zero-order valence-electron chi connectivity index (χ0n) is 16.6. The van der Waals surface area contributed by atoms with Crippen molar-refractivity contribution in [2.24, 2.45) is 5.73 Å². The number of aryl methyl sites for hydroxylation is 1. The van der Waals surface area contributed by atoms with Gasteiger partial charge in [0.15, 0.2) is 5.65 Å². The number of nitrogens with two attached hydrogens (primary N) is 1. The highest BCUT2D eigenvalue weighted by molar-refractivity contribution is 5.99. The fourth-order valence-corrected chi connectivity index (χ4v) is 3.86. The quantitative estimate of drug-likeness (QED) is 0.478. The van der Waals surface area contributed by atoms with Crippen LogP contribution in [0.15, 0.2) is 79.3 Å². The van der Waals surface area contributed by atoms with E-state index >= 15 is 0 Å². The van der Waals surface area contributed by atoms with Crippen molar-refractivity contribution < 1.29 is 9.59 Å². The lowest BCUT2D eigenvalue weighted by molar-refractivity contribution is 0.0907. The number of carbonyl (C=O) groups is 2. The van der Waals surface area contributed by atoms with E-state index in [1.807, 2.05) is 60.8 Å². The van der Waals surface area contributed by atoms with Gasteiger partial charge in [-0.3, -0.25) is 14.2 Å². The lowest BCUT2D eigenvalue weighted by Gasteiger charge is -2.08.